The summed E-state index contributed by atoms with van der Waals surface area (Å²) in [5, 5.41) is 19.5. The van der Waals surface area contributed by atoms with Crippen LogP contribution in [-0.2, 0) is 22.6 Å². The third-order valence-corrected chi connectivity index (χ3v) is 6.91. The number of fused-ring (bicyclic) bond motifs is 1. The molecule has 0 bridgehead atoms. The average Bonchev–Trinajstić information content (AvgIpc) is 3.22. The molecule has 0 spiro atoms. The minimum Gasteiger partial charge on any atom is -0.490 e. The fourth-order valence-corrected chi connectivity index (χ4v) is 4.88. The zero-order valence-electron chi connectivity index (χ0n) is 23.1. The monoisotopic (exact) mass is 591 g/mol. The number of benzene rings is 3. The number of carboxylic acids is 2. The molecule has 0 fully saturated rings. The normalized spacial score (nSPS) is 11.5. The molecule has 0 radical (unpaired) electrons. The van der Waals surface area contributed by atoms with E-state index in [9.17, 15) is 14.7 Å². The Balaban J connectivity index is 1.44. The lowest BCUT2D eigenvalue weighted by Crippen LogP contribution is -2.10. The molecule has 4 rings (SSSR count). The highest BCUT2D eigenvalue weighted by atomic mass is 35.5. The van der Waals surface area contributed by atoms with Gasteiger partial charge in [0.15, 0.2) is 0 Å². The van der Waals surface area contributed by atoms with Crippen LogP contribution in [0.25, 0.3) is 23.1 Å². The third kappa shape index (κ3) is 8.01. The summed E-state index contributed by atoms with van der Waals surface area (Å²) in [6.07, 6.45) is 8.00. The van der Waals surface area contributed by atoms with Gasteiger partial charge in [0, 0.05) is 22.5 Å². The zero-order valence-corrected chi connectivity index (χ0v) is 23.8. The van der Waals surface area contributed by atoms with Gasteiger partial charge in [-0.1, -0.05) is 42.0 Å². The summed E-state index contributed by atoms with van der Waals surface area (Å²) >= 11 is 5.95. The van der Waals surface area contributed by atoms with Gasteiger partial charge in [0.25, 0.3) is 0 Å². The SMILES string of the molecule is Cc1c(CCCC(=O)O)c2c(F)ccc(C=Cc3ccc(OCC=CCOc4cccc(Cl)c4)cc3)c2n1CC(=O)O. The van der Waals surface area contributed by atoms with Gasteiger partial charge in [-0.15, -0.1) is 0 Å². The number of ether oxygens (including phenoxy) is 2. The fraction of sp³-hybridized carbons (Fsp3) is 0.212. The Kier molecular flexibility index (Phi) is 10.4. The quantitative estimate of drug-likeness (QED) is 0.117. The van der Waals surface area contributed by atoms with Crippen LogP contribution < -0.4 is 9.47 Å². The van der Waals surface area contributed by atoms with Gasteiger partial charge in [0.05, 0.1) is 5.52 Å². The second-order valence-electron chi connectivity index (χ2n) is 9.60. The summed E-state index contributed by atoms with van der Waals surface area (Å²) in [5.41, 5.74) is 3.25. The van der Waals surface area contributed by atoms with Gasteiger partial charge in [-0.05, 0) is 91.1 Å². The molecule has 0 amide bonds. The molecule has 218 valence electrons. The summed E-state index contributed by atoms with van der Waals surface area (Å²) in [4.78, 5) is 22.7. The number of hydrogen-bond acceptors (Lipinski definition) is 4. The number of carboxylic acid groups (broad SMARTS) is 2. The molecule has 0 saturated heterocycles. The van der Waals surface area contributed by atoms with Crippen molar-refractivity contribution in [3.63, 3.8) is 0 Å². The van der Waals surface area contributed by atoms with E-state index >= 15 is 4.39 Å². The summed E-state index contributed by atoms with van der Waals surface area (Å²) in [6, 6.07) is 17.6. The second-order valence-corrected chi connectivity index (χ2v) is 10.0. The first-order valence-corrected chi connectivity index (χ1v) is 13.8. The highest BCUT2D eigenvalue weighted by molar-refractivity contribution is 6.30. The van der Waals surface area contributed by atoms with Crippen LogP contribution in [0, 0.1) is 12.7 Å². The van der Waals surface area contributed by atoms with E-state index in [2.05, 4.69) is 0 Å². The minimum absolute atomic E-state index is 0.0549. The van der Waals surface area contributed by atoms with E-state index in [1.807, 2.05) is 60.7 Å². The van der Waals surface area contributed by atoms with Crippen LogP contribution in [-0.4, -0.2) is 39.9 Å². The van der Waals surface area contributed by atoms with Crippen molar-refractivity contribution in [2.75, 3.05) is 13.2 Å². The van der Waals surface area contributed by atoms with E-state index in [0.29, 0.717) is 70.3 Å². The smallest absolute Gasteiger partial charge is 0.323 e. The molecule has 0 atom stereocenters. The van der Waals surface area contributed by atoms with Crippen LogP contribution in [0.3, 0.4) is 0 Å². The Hall–Kier alpha value is -4.56. The lowest BCUT2D eigenvalue weighted by atomic mass is 10.0. The van der Waals surface area contributed by atoms with E-state index in [0.717, 1.165) is 5.56 Å². The van der Waals surface area contributed by atoms with Crippen molar-refractivity contribution < 1.29 is 33.7 Å². The molecule has 0 unspecified atom stereocenters. The van der Waals surface area contributed by atoms with Crippen molar-refractivity contribution >= 4 is 46.6 Å². The molecule has 3 aromatic carbocycles. The Morgan fingerprint density at radius 2 is 1.64 bits per heavy atom. The lowest BCUT2D eigenvalue weighted by Gasteiger charge is -2.08. The van der Waals surface area contributed by atoms with Gasteiger partial charge < -0.3 is 24.3 Å². The minimum atomic E-state index is -1.05. The maximum absolute atomic E-state index is 15.1. The molecule has 0 aliphatic carbocycles. The van der Waals surface area contributed by atoms with Crippen LogP contribution in [0.2, 0.25) is 5.02 Å². The Morgan fingerprint density at radius 1 is 0.929 bits per heavy atom. The summed E-state index contributed by atoms with van der Waals surface area (Å²) < 4.78 is 28.0. The van der Waals surface area contributed by atoms with Crippen LogP contribution in [0.4, 0.5) is 4.39 Å². The third-order valence-electron chi connectivity index (χ3n) is 6.67. The van der Waals surface area contributed by atoms with E-state index in [4.69, 9.17) is 26.2 Å². The molecule has 0 aliphatic heterocycles. The number of rotatable bonds is 14. The van der Waals surface area contributed by atoms with E-state index in [-0.39, 0.29) is 13.0 Å². The molecular weight excluding hydrogens is 561 g/mol. The fourth-order valence-electron chi connectivity index (χ4n) is 4.70. The maximum atomic E-state index is 15.1. The van der Waals surface area contributed by atoms with Gasteiger partial charge in [-0.2, -0.15) is 0 Å². The van der Waals surface area contributed by atoms with Crippen LogP contribution in [0.15, 0.2) is 72.8 Å². The summed E-state index contributed by atoms with van der Waals surface area (Å²) in [7, 11) is 0. The number of aromatic nitrogens is 1. The molecule has 4 aromatic rings. The number of nitrogens with zero attached hydrogens (tertiary/aromatic N) is 1. The summed E-state index contributed by atoms with van der Waals surface area (Å²) in [6.45, 7) is 2.17. The molecule has 1 aromatic heterocycles. The number of carbonyl (C=O) groups is 2. The average molecular weight is 592 g/mol. The van der Waals surface area contributed by atoms with Crippen molar-refractivity contribution in [1.82, 2.24) is 4.57 Å². The van der Waals surface area contributed by atoms with Gasteiger partial charge >= 0.3 is 11.9 Å². The first-order valence-electron chi connectivity index (χ1n) is 13.4. The molecule has 9 heteroatoms. The standard InChI is InChI=1S/C33H31ClFNO6/c1-22-28(8-5-9-30(37)38)32-29(35)17-14-24(33(32)36(22)21-31(39)40)13-10-23-11-15-26(16-12-23)41-18-2-3-19-42-27-7-4-6-25(34)20-27/h2-4,6-7,10-17,20H,5,8-9,18-19,21H2,1H3,(H,37,38)(H,39,40). The van der Waals surface area contributed by atoms with E-state index in [1.54, 1.807) is 29.7 Å². The van der Waals surface area contributed by atoms with Gasteiger partial charge in [0.1, 0.15) is 37.1 Å². The van der Waals surface area contributed by atoms with Gasteiger partial charge in [0.2, 0.25) is 0 Å². The first-order chi connectivity index (χ1) is 20.2. The van der Waals surface area contributed by atoms with Gasteiger partial charge in [-0.25, -0.2) is 4.39 Å². The Bertz CT molecular complexity index is 1620. The predicted molar refractivity (Wildman–Crippen MR) is 162 cm³/mol. The molecule has 0 aliphatic rings. The molecule has 2 N–H and O–H groups in total. The van der Waals surface area contributed by atoms with Crippen LogP contribution in [0.1, 0.15) is 35.2 Å². The van der Waals surface area contributed by atoms with Gasteiger partial charge in [-0.3, -0.25) is 9.59 Å². The van der Waals surface area contributed by atoms with Crippen LogP contribution in [0.5, 0.6) is 11.5 Å². The Labute approximate surface area is 248 Å². The molecule has 1 heterocycles. The molecule has 42 heavy (non-hydrogen) atoms. The Morgan fingerprint density at radius 3 is 2.31 bits per heavy atom. The van der Waals surface area contributed by atoms with Crippen LogP contribution >= 0.6 is 11.6 Å². The highest BCUT2D eigenvalue weighted by Gasteiger charge is 2.21. The zero-order chi connectivity index (χ0) is 30.1. The number of aliphatic carboxylic acids is 2. The highest BCUT2D eigenvalue weighted by Crippen LogP contribution is 2.33. The lowest BCUT2D eigenvalue weighted by molar-refractivity contribution is -0.138. The number of aryl methyl sites for hydroxylation is 1. The molecule has 0 saturated carbocycles. The summed E-state index contributed by atoms with van der Waals surface area (Å²) in [5.74, 6) is -1.07. The number of hydrogen-bond donors (Lipinski definition) is 2. The van der Waals surface area contributed by atoms with Crippen molar-refractivity contribution in [2.45, 2.75) is 32.7 Å². The maximum Gasteiger partial charge on any atom is 0.323 e. The largest absolute Gasteiger partial charge is 0.490 e. The van der Waals surface area contributed by atoms with Crippen molar-refractivity contribution in [3.05, 3.63) is 106 Å². The van der Waals surface area contributed by atoms with Crippen molar-refractivity contribution in [2.24, 2.45) is 0 Å². The van der Waals surface area contributed by atoms with E-state index < -0.39 is 17.8 Å². The molecular formula is C33H31ClFNO6. The predicted octanol–water partition coefficient (Wildman–Crippen LogP) is 7.42. The van der Waals surface area contributed by atoms with Crippen molar-refractivity contribution in [1.29, 1.82) is 0 Å². The van der Waals surface area contributed by atoms with E-state index in [1.165, 1.54) is 6.07 Å². The topological polar surface area (TPSA) is 98.0 Å². The second kappa shape index (κ2) is 14.4. The first kappa shape index (κ1) is 30.4. The van der Waals surface area contributed by atoms with Crippen molar-refractivity contribution in [3.8, 4) is 11.5 Å². The molecule has 7 nitrogen and oxygen atoms in total. The number of halogens is 2.